The molecule has 3 amide bonds. The molecule has 3 aromatic rings. The highest BCUT2D eigenvalue weighted by Crippen LogP contribution is 2.24. The second-order valence-corrected chi connectivity index (χ2v) is 8.24. The van der Waals surface area contributed by atoms with Crippen LogP contribution in [0.3, 0.4) is 0 Å². The zero-order valence-electron chi connectivity index (χ0n) is 19.5. The van der Waals surface area contributed by atoms with Gasteiger partial charge in [0.15, 0.2) is 5.78 Å². The van der Waals surface area contributed by atoms with E-state index >= 15 is 0 Å². The van der Waals surface area contributed by atoms with Crippen LogP contribution in [0.4, 0.5) is 10.5 Å². The molecule has 3 heterocycles. The summed E-state index contributed by atoms with van der Waals surface area (Å²) in [6, 6.07) is 7.98. The van der Waals surface area contributed by atoms with E-state index in [9.17, 15) is 19.2 Å². The van der Waals surface area contributed by atoms with Crippen molar-refractivity contribution in [2.45, 2.75) is 13.0 Å². The number of amides is 3. The average Bonchev–Trinajstić information content (AvgIpc) is 3.46. The quantitative estimate of drug-likeness (QED) is 0.313. The van der Waals surface area contributed by atoms with Gasteiger partial charge in [0, 0.05) is 50.9 Å². The van der Waals surface area contributed by atoms with Crippen LogP contribution in [0.15, 0.2) is 53.9 Å². The Bertz CT molecular complexity index is 1330. The number of carbonyl (C=O) groups excluding carboxylic acids is 4. The van der Waals surface area contributed by atoms with Gasteiger partial charge in [-0.3, -0.25) is 19.3 Å². The monoisotopic (exact) mass is 476 g/mol. The zero-order valence-corrected chi connectivity index (χ0v) is 19.5. The first-order valence-electron chi connectivity index (χ1n) is 10.8. The Labute approximate surface area is 201 Å². The first kappa shape index (κ1) is 23.6. The molecule has 0 spiro atoms. The molecule has 1 aliphatic heterocycles. The van der Waals surface area contributed by atoms with Crippen molar-refractivity contribution in [3.63, 3.8) is 0 Å². The molecule has 1 fully saturated rings. The van der Waals surface area contributed by atoms with Crippen molar-refractivity contribution in [1.82, 2.24) is 19.6 Å². The lowest BCUT2D eigenvalue weighted by Gasteiger charge is -2.14. The fourth-order valence-electron chi connectivity index (χ4n) is 3.60. The number of nitrogens with one attached hydrogen (secondary N) is 1. The second-order valence-electron chi connectivity index (χ2n) is 8.24. The number of benzene rings is 1. The maximum Gasteiger partial charge on any atom is 0.414 e. The van der Waals surface area contributed by atoms with Gasteiger partial charge in [0.25, 0.3) is 5.91 Å². The van der Waals surface area contributed by atoms with Gasteiger partial charge in [-0.2, -0.15) is 4.99 Å². The summed E-state index contributed by atoms with van der Waals surface area (Å²) in [6.07, 6.45) is 5.18. The molecule has 0 aliphatic carbocycles. The van der Waals surface area contributed by atoms with Gasteiger partial charge < -0.3 is 19.4 Å². The second kappa shape index (κ2) is 9.75. The maximum absolute atomic E-state index is 13.3. The highest BCUT2D eigenvalue weighted by Gasteiger charge is 2.32. The summed E-state index contributed by atoms with van der Waals surface area (Å²) < 4.78 is 6.89. The molecule has 11 nitrogen and oxygen atoms in total. The predicted molar refractivity (Wildman–Crippen MR) is 128 cm³/mol. The van der Waals surface area contributed by atoms with Crippen molar-refractivity contribution in [3.05, 3.63) is 65.6 Å². The molecule has 180 valence electrons. The van der Waals surface area contributed by atoms with Gasteiger partial charge in [0.05, 0.1) is 30.6 Å². The minimum atomic E-state index is -0.525. The number of carbonyl (C=O) groups is 4. The number of ether oxygens (including phenoxy) is 1. The molecule has 0 radical (unpaired) electrons. The van der Waals surface area contributed by atoms with E-state index in [1.165, 1.54) is 24.2 Å². The Morgan fingerprint density at radius 2 is 1.97 bits per heavy atom. The lowest BCUT2D eigenvalue weighted by molar-refractivity contribution is -0.119. The smallest absolute Gasteiger partial charge is 0.414 e. The number of imidazole rings is 1. The summed E-state index contributed by atoms with van der Waals surface area (Å²) >= 11 is 0. The summed E-state index contributed by atoms with van der Waals surface area (Å²) in [4.78, 5) is 60.4. The number of fused-ring (bicyclic) bond motifs is 1. The van der Waals surface area contributed by atoms with Gasteiger partial charge in [0.1, 0.15) is 11.8 Å². The minimum absolute atomic E-state index is 0.204. The Balaban J connectivity index is 1.57. The molecule has 4 rings (SSSR count). The van der Waals surface area contributed by atoms with Crippen LogP contribution >= 0.6 is 0 Å². The SMILES string of the molecule is CC(=O)NC[C@H]1CN(c2ccc(C(=O)c3cc(C(=O)N=CN(C)C)cn4ccnc34)cc2)C(=O)O1. The first-order chi connectivity index (χ1) is 16.7. The normalized spacial score (nSPS) is 15.5. The highest BCUT2D eigenvalue weighted by molar-refractivity contribution is 6.14. The van der Waals surface area contributed by atoms with Crippen LogP contribution in [-0.2, 0) is 9.53 Å². The van der Waals surface area contributed by atoms with Crippen LogP contribution in [0.1, 0.15) is 33.2 Å². The van der Waals surface area contributed by atoms with Crippen LogP contribution < -0.4 is 10.2 Å². The lowest BCUT2D eigenvalue weighted by Crippen LogP contribution is -2.33. The fraction of sp³-hybridized carbons (Fsp3) is 0.250. The van der Waals surface area contributed by atoms with Gasteiger partial charge in [-0.25, -0.2) is 9.78 Å². The third-order valence-electron chi connectivity index (χ3n) is 5.28. The van der Waals surface area contributed by atoms with Crippen LogP contribution in [0.5, 0.6) is 0 Å². The molecular formula is C24H24N6O5. The largest absolute Gasteiger partial charge is 0.442 e. The highest BCUT2D eigenvalue weighted by atomic mass is 16.6. The van der Waals surface area contributed by atoms with Crippen LogP contribution in [0.25, 0.3) is 5.65 Å². The van der Waals surface area contributed by atoms with E-state index < -0.39 is 18.1 Å². The molecule has 2 aromatic heterocycles. The topological polar surface area (TPSA) is 126 Å². The van der Waals surface area contributed by atoms with Crippen LogP contribution in [0.2, 0.25) is 0 Å². The molecule has 0 saturated carbocycles. The number of rotatable bonds is 7. The zero-order chi connectivity index (χ0) is 25.1. The molecule has 1 N–H and O–H groups in total. The number of aromatic nitrogens is 2. The van der Waals surface area contributed by atoms with Gasteiger partial charge in [-0.1, -0.05) is 0 Å². The molecular weight excluding hydrogens is 452 g/mol. The summed E-state index contributed by atoms with van der Waals surface area (Å²) in [5.41, 5.74) is 1.84. The van der Waals surface area contributed by atoms with E-state index in [1.807, 2.05) is 0 Å². The summed E-state index contributed by atoms with van der Waals surface area (Å²) in [5, 5.41) is 2.63. The minimum Gasteiger partial charge on any atom is -0.442 e. The van der Waals surface area contributed by atoms with Gasteiger partial charge in [-0.05, 0) is 30.3 Å². The van der Waals surface area contributed by atoms with Crippen molar-refractivity contribution < 1.29 is 23.9 Å². The van der Waals surface area contributed by atoms with Gasteiger partial charge >= 0.3 is 6.09 Å². The number of anilines is 1. The van der Waals surface area contributed by atoms with E-state index in [0.29, 0.717) is 16.9 Å². The van der Waals surface area contributed by atoms with Crippen LogP contribution in [-0.4, -0.2) is 77.6 Å². The van der Waals surface area contributed by atoms with E-state index in [2.05, 4.69) is 15.3 Å². The van der Waals surface area contributed by atoms with E-state index in [4.69, 9.17) is 4.74 Å². The van der Waals surface area contributed by atoms with Crippen molar-refractivity contribution in [3.8, 4) is 0 Å². The van der Waals surface area contributed by atoms with Gasteiger partial charge in [0.2, 0.25) is 5.91 Å². The number of pyridine rings is 1. The molecule has 0 unspecified atom stereocenters. The van der Waals surface area contributed by atoms with Crippen molar-refractivity contribution >= 4 is 41.4 Å². The number of hydrogen-bond acceptors (Lipinski definition) is 6. The average molecular weight is 476 g/mol. The summed E-state index contributed by atoms with van der Waals surface area (Å²) in [6.45, 7) is 1.89. The first-order valence-corrected chi connectivity index (χ1v) is 10.8. The van der Waals surface area contributed by atoms with Gasteiger partial charge in [-0.15, -0.1) is 0 Å². The maximum atomic E-state index is 13.3. The Hall–Kier alpha value is -4.54. The Morgan fingerprint density at radius 3 is 2.66 bits per heavy atom. The molecule has 1 aliphatic rings. The van der Waals surface area contributed by atoms with Crippen LogP contribution in [0, 0.1) is 0 Å². The lowest BCUT2D eigenvalue weighted by atomic mass is 10.0. The number of ketones is 1. The molecule has 1 saturated heterocycles. The van der Waals surface area contributed by atoms with E-state index in [0.717, 1.165) is 0 Å². The van der Waals surface area contributed by atoms with Crippen molar-refractivity contribution in [1.29, 1.82) is 0 Å². The third-order valence-corrected chi connectivity index (χ3v) is 5.28. The third kappa shape index (κ3) is 5.18. The number of hydrogen-bond donors (Lipinski definition) is 1. The van der Waals surface area contributed by atoms with E-state index in [1.54, 1.807) is 66.3 Å². The number of cyclic esters (lactones) is 1. The van der Waals surface area contributed by atoms with E-state index in [-0.39, 0.29) is 35.9 Å². The predicted octanol–water partition coefficient (Wildman–Crippen LogP) is 1.76. The fourth-order valence-corrected chi connectivity index (χ4v) is 3.60. The standard InChI is InChI=1S/C24H24N6O5/c1-15(31)26-11-19-13-30(24(34)35-19)18-6-4-16(5-7-18)21(32)20-10-17(23(33)27-14-28(2)3)12-29-9-8-25-22(20)29/h4-10,12,14,19H,11,13H2,1-3H3,(H,26,31)/t19-/m0/s1. The number of aliphatic imine (C=N–C) groups is 1. The van der Waals surface area contributed by atoms with Crippen molar-refractivity contribution in [2.75, 3.05) is 32.1 Å². The van der Waals surface area contributed by atoms with Crippen molar-refractivity contribution in [2.24, 2.45) is 4.99 Å². The molecule has 11 heteroatoms. The molecule has 0 bridgehead atoms. The Kier molecular flexibility index (Phi) is 6.58. The molecule has 35 heavy (non-hydrogen) atoms. The molecule has 1 atom stereocenters. The summed E-state index contributed by atoms with van der Waals surface area (Å²) in [5.74, 6) is -1.02. The Morgan fingerprint density at radius 1 is 1.23 bits per heavy atom. The molecule has 1 aromatic carbocycles. The summed E-state index contributed by atoms with van der Waals surface area (Å²) in [7, 11) is 3.50. The number of nitrogens with zero attached hydrogens (tertiary/aromatic N) is 5.